The predicted octanol–water partition coefficient (Wildman–Crippen LogP) is 1.08. The van der Waals surface area contributed by atoms with Gasteiger partial charge in [-0.05, 0) is 19.1 Å². The molecule has 17 heavy (non-hydrogen) atoms. The first-order valence-electron chi connectivity index (χ1n) is 5.35. The molecule has 0 bridgehead atoms. The largest absolute Gasteiger partial charge is 0.273 e. The lowest BCUT2D eigenvalue weighted by Crippen LogP contribution is -2.64. The van der Waals surface area contributed by atoms with Gasteiger partial charge in [0.15, 0.2) is 0 Å². The van der Waals surface area contributed by atoms with E-state index in [2.05, 4.69) is 0 Å². The summed E-state index contributed by atoms with van der Waals surface area (Å²) < 4.78 is 25.4. The van der Waals surface area contributed by atoms with Gasteiger partial charge < -0.3 is 0 Å². The van der Waals surface area contributed by atoms with Gasteiger partial charge in [-0.3, -0.25) is 4.79 Å². The standard InChI is InChI=1S/C12H11NO3S/c1-8-2-4-9(5-3-8)17(15,16)13-11-7-6-10(11)12(13)14/h2-7,10-11H,1H3/t10-,11+/m1/s1. The van der Waals surface area contributed by atoms with Crippen LogP contribution in [-0.2, 0) is 14.8 Å². The van der Waals surface area contributed by atoms with Crippen molar-refractivity contribution >= 4 is 15.9 Å². The quantitative estimate of drug-likeness (QED) is 0.582. The highest BCUT2D eigenvalue weighted by Gasteiger charge is 2.55. The van der Waals surface area contributed by atoms with Crippen LogP contribution < -0.4 is 0 Å². The minimum atomic E-state index is -3.67. The van der Waals surface area contributed by atoms with Crippen LogP contribution >= 0.6 is 0 Å². The van der Waals surface area contributed by atoms with Crippen molar-refractivity contribution < 1.29 is 13.2 Å². The number of benzene rings is 1. The fourth-order valence-corrected chi connectivity index (χ4v) is 3.68. The Morgan fingerprint density at radius 3 is 2.24 bits per heavy atom. The second-order valence-corrected chi connectivity index (χ2v) is 6.17. The van der Waals surface area contributed by atoms with E-state index in [-0.39, 0.29) is 22.8 Å². The topological polar surface area (TPSA) is 54.5 Å². The summed E-state index contributed by atoms with van der Waals surface area (Å²) in [6.07, 6.45) is 3.49. The Hall–Kier alpha value is -1.62. The van der Waals surface area contributed by atoms with E-state index in [1.807, 2.05) is 6.92 Å². The zero-order valence-electron chi connectivity index (χ0n) is 9.20. The lowest BCUT2D eigenvalue weighted by Gasteiger charge is -2.47. The van der Waals surface area contributed by atoms with E-state index >= 15 is 0 Å². The van der Waals surface area contributed by atoms with E-state index in [0.29, 0.717) is 0 Å². The van der Waals surface area contributed by atoms with Crippen molar-refractivity contribution in [3.05, 3.63) is 42.0 Å². The van der Waals surface area contributed by atoms with Gasteiger partial charge in [-0.25, -0.2) is 12.7 Å². The number of nitrogens with zero attached hydrogens (tertiary/aromatic N) is 1. The molecule has 1 aromatic carbocycles. The van der Waals surface area contributed by atoms with E-state index in [1.165, 1.54) is 12.1 Å². The molecule has 1 heterocycles. The number of fused-ring (bicyclic) bond motifs is 1. The third-order valence-electron chi connectivity index (χ3n) is 3.23. The van der Waals surface area contributed by atoms with E-state index < -0.39 is 10.0 Å². The molecule has 0 radical (unpaired) electrons. The third-order valence-corrected chi connectivity index (χ3v) is 5.04. The fraction of sp³-hybridized carbons (Fsp3) is 0.250. The smallest absolute Gasteiger partial charge is 0.267 e. The molecule has 1 aromatic rings. The van der Waals surface area contributed by atoms with Crippen molar-refractivity contribution in [3.8, 4) is 0 Å². The molecule has 5 heteroatoms. The van der Waals surface area contributed by atoms with Crippen LogP contribution in [-0.4, -0.2) is 24.7 Å². The van der Waals surface area contributed by atoms with E-state index in [1.54, 1.807) is 24.3 Å². The maximum Gasteiger partial charge on any atom is 0.267 e. The van der Waals surface area contributed by atoms with Crippen molar-refractivity contribution in [2.75, 3.05) is 0 Å². The van der Waals surface area contributed by atoms with Gasteiger partial charge in [0.05, 0.1) is 16.9 Å². The number of β-lactam (4-membered cyclic amide) rings is 1. The number of amides is 1. The highest BCUT2D eigenvalue weighted by Crippen LogP contribution is 2.40. The van der Waals surface area contributed by atoms with Crippen LogP contribution in [0.15, 0.2) is 41.3 Å². The molecule has 0 spiro atoms. The van der Waals surface area contributed by atoms with Crippen molar-refractivity contribution in [3.63, 3.8) is 0 Å². The highest BCUT2D eigenvalue weighted by molar-refractivity contribution is 7.89. The number of rotatable bonds is 2. The van der Waals surface area contributed by atoms with Gasteiger partial charge in [0.1, 0.15) is 0 Å². The Kier molecular flexibility index (Phi) is 1.98. The zero-order valence-corrected chi connectivity index (χ0v) is 10.0. The molecule has 4 nitrogen and oxygen atoms in total. The predicted molar refractivity (Wildman–Crippen MR) is 61.6 cm³/mol. The summed E-state index contributed by atoms with van der Waals surface area (Å²) in [5.74, 6) is -0.534. The number of sulfonamides is 1. The fourth-order valence-electron chi connectivity index (χ4n) is 2.09. The van der Waals surface area contributed by atoms with E-state index in [9.17, 15) is 13.2 Å². The second-order valence-electron chi connectivity index (χ2n) is 4.35. The van der Waals surface area contributed by atoms with E-state index in [0.717, 1.165) is 9.87 Å². The molecule has 0 saturated carbocycles. The summed E-state index contributed by atoms with van der Waals surface area (Å²) in [6, 6.07) is 6.27. The first kappa shape index (κ1) is 10.5. The summed E-state index contributed by atoms with van der Waals surface area (Å²) in [5.41, 5.74) is 0.986. The summed E-state index contributed by atoms with van der Waals surface area (Å²) in [6.45, 7) is 1.88. The minimum absolute atomic E-state index is 0.176. The van der Waals surface area contributed by atoms with Crippen LogP contribution in [0.3, 0.4) is 0 Å². The monoisotopic (exact) mass is 249 g/mol. The SMILES string of the molecule is Cc1ccc(S(=O)(=O)N2C(=O)[C@@H]3C=C[C@@H]32)cc1. The molecule has 2 aliphatic rings. The molecule has 1 fully saturated rings. The highest BCUT2D eigenvalue weighted by atomic mass is 32.2. The molecule has 88 valence electrons. The summed E-state index contributed by atoms with van der Waals surface area (Å²) >= 11 is 0. The summed E-state index contributed by atoms with van der Waals surface area (Å²) in [4.78, 5) is 11.8. The van der Waals surface area contributed by atoms with Crippen LogP contribution in [0.4, 0.5) is 0 Å². The summed E-state index contributed by atoms with van der Waals surface area (Å²) in [7, 11) is -3.67. The van der Waals surface area contributed by atoms with Crippen molar-refractivity contribution in [1.29, 1.82) is 0 Å². The molecule has 1 saturated heterocycles. The van der Waals surface area contributed by atoms with Crippen molar-refractivity contribution in [2.45, 2.75) is 17.9 Å². The number of hydrogen-bond donors (Lipinski definition) is 0. The first-order valence-corrected chi connectivity index (χ1v) is 6.79. The van der Waals surface area contributed by atoms with Crippen LogP contribution in [0.1, 0.15) is 5.56 Å². The van der Waals surface area contributed by atoms with Gasteiger partial charge in [-0.1, -0.05) is 29.8 Å². The zero-order chi connectivity index (χ0) is 12.2. The van der Waals surface area contributed by atoms with E-state index in [4.69, 9.17) is 0 Å². The van der Waals surface area contributed by atoms with Gasteiger partial charge in [0.2, 0.25) is 5.91 Å². The molecule has 0 unspecified atom stereocenters. The Morgan fingerprint density at radius 2 is 1.76 bits per heavy atom. The maximum atomic E-state index is 12.2. The van der Waals surface area contributed by atoms with Crippen LogP contribution in [0.2, 0.25) is 0 Å². The minimum Gasteiger partial charge on any atom is -0.273 e. The molecular formula is C12H11NO3S. The van der Waals surface area contributed by atoms with Crippen LogP contribution in [0, 0.1) is 12.8 Å². The lowest BCUT2D eigenvalue weighted by atomic mass is 9.81. The van der Waals surface area contributed by atoms with Gasteiger partial charge in [0, 0.05) is 0 Å². The number of carbonyl (C=O) groups is 1. The van der Waals surface area contributed by atoms with Crippen molar-refractivity contribution in [1.82, 2.24) is 4.31 Å². The van der Waals surface area contributed by atoms with Gasteiger partial charge in [0.25, 0.3) is 10.0 Å². The average molecular weight is 249 g/mol. The van der Waals surface area contributed by atoms with Gasteiger partial charge in [-0.2, -0.15) is 0 Å². The third kappa shape index (κ3) is 1.29. The Bertz CT molecular complexity index is 616. The van der Waals surface area contributed by atoms with Crippen LogP contribution in [0.25, 0.3) is 0 Å². The summed E-state index contributed by atoms with van der Waals surface area (Å²) in [5, 5.41) is 0. The molecule has 1 aliphatic carbocycles. The van der Waals surface area contributed by atoms with Gasteiger partial charge in [-0.15, -0.1) is 0 Å². The molecule has 1 aliphatic heterocycles. The van der Waals surface area contributed by atoms with Gasteiger partial charge >= 0.3 is 0 Å². The molecule has 0 aromatic heterocycles. The Morgan fingerprint density at radius 1 is 1.12 bits per heavy atom. The number of aryl methyl sites for hydroxylation is 1. The second kappa shape index (κ2) is 3.20. The molecule has 2 atom stereocenters. The Balaban J connectivity index is 1.99. The normalized spacial score (nSPS) is 26.2. The van der Waals surface area contributed by atoms with Crippen LogP contribution in [0.5, 0.6) is 0 Å². The lowest BCUT2D eigenvalue weighted by molar-refractivity contribution is -0.142. The number of hydrogen-bond acceptors (Lipinski definition) is 3. The molecule has 3 rings (SSSR count). The maximum absolute atomic E-state index is 12.2. The van der Waals surface area contributed by atoms with Crippen molar-refractivity contribution in [2.24, 2.45) is 5.92 Å². The Labute approximate surface area is 99.6 Å². The average Bonchev–Trinajstić information content (AvgIpc) is 2.24. The molecule has 0 N–H and O–H groups in total. The first-order chi connectivity index (χ1) is 8.01. The number of carbonyl (C=O) groups excluding carboxylic acids is 1. The molecule has 1 amide bonds. The molecular weight excluding hydrogens is 238 g/mol.